The molecule has 1 heterocycles. The molecule has 0 bridgehead atoms. The summed E-state index contributed by atoms with van der Waals surface area (Å²) in [6.07, 6.45) is 0. The Morgan fingerprint density at radius 2 is 1.81 bits per heavy atom. The number of rotatable bonds is 5. The van der Waals surface area contributed by atoms with Crippen molar-refractivity contribution in [1.82, 2.24) is 0 Å². The lowest BCUT2D eigenvalue weighted by atomic mass is 10.00. The minimum atomic E-state index is -0.565. The van der Waals surface area contributed by atoms with E-state index in [0.717, 1.165) is 16.8 Å². The largest absolute Gasteiger partial charge is 0.322 e. The molecule has 3 aromatic rings. The first-order valence-corrected chi connectivity index (χ1v) is 11.2. The third-order valence-corrected chi connectivity index (χ3v) is 6.45. The number of carbonyl (C=O) groups excluding carboxylic acids is 2. The molecule has 1 aliphatic heterocycles. The zero-order valence-electron chi connectivity index (χ0n) is 17.3. The Morgan fingerprint density at radius 3 is 2.58 bits per heavy atom. The highest BCUT2D eigenvalue weighted by Gasteiger charge is 2.35. The van der Waals surface area contributed by atoms with Gasteiger partial charge in [0.1, 0.15) is 11.2 Å². The van der Waals surface area contributed by atoms with E-state index in [1.165, 1.54) is 12.1 Å². The Hall–Kier alpha value is -3.12. The standard InChI is InChI=1S/C25H23FN2O2S/c1-16(2)19-10-4-6-13-22(19)28-23(29)15-31-25(28)17-8-7-9-18(14-17)27-24(30)20-11-3-5-12-21(20)26/h3-14,16,25H,15H2,1-2H3,(H,27,30)/t25-/m1/s1. The van der Waals surface area contributed by atoms with Gasteiger partial charge in [-0.1, -0.05) is 56.3 Å². The second-order valence-corrected chi connectivity index (χ2v) is 8.77. The molecule has 4 nitrogen and oxygen atoms in total. The molecule has 4 rings (SSSR count). The topological polar surface area (TPSA) is 49.4 Å². The number of benzene rings is 3. The summed E-state index contributed by atoms with van der Waals surface area (Å²) in [4.78, 5) is 27.2. The van der Waals surface area contributed by atoms with Gasteiger partial charge in [-0.2, -0.15) is 0 Å². The van der Waals surface area contributed by atoms with Crippen molar-refractivity contribution in [3.63, 3.8) is 0 Å². The van der Waals surface area contributed by atoms with E-state index in [9.17, 15) is 14.0 Å². The average molecular weight is 435 g/mol. The molecule has 2 amide bonds. The van der Waals surface area contributed by atoms with Crippen LogP contribution in [0.15, 0.2) is 72.8 Å². The number of anilines is 2. The molecule has 1 atom stereocenters. The van der Waals surface area contributed by atoms with E-state index in [2.05, 4.69) is 25.2 Å². The van der Waals surface area contributed by atoms with Gasteiger partial charge in [0.15, 0.2) is 0 Å². The van der Waals surface area contributed by atoms with Gasteiger partial charge in [0.05, 0.1) is 11.3 Å². The van der Waals surface area contributed by atoms with E-state index in [0.29, 0.717) is 11.4 Å². The Bertz CT molecular complexity index is 1130. The van der Waals surface area contributed by atoms with Gasteiger partial charge < -0.3 is 5.32 Å². The molecule has 1 saturated heterocycles. The number of carbonyl (C=O) groups is 2. The Balaban J connectivity index is 1.63. The van der Waals surface area contributed by atoms with E-state index >= 15 is 0 Å². The number of hydrogen-bond donors (Lipinski definition) is 1. The first-order valence-electron chi connectivity index (χ1n) is 10.1. The molecule has 0 aromatic heterocycles. The van der Waals surface area contributed by atoms with Crippen LogP contribution >= 0.6 is 11.8 Å². The lowest BCUT2D eigenvalue weighted by Crippen LogP contribution is -2.29. The minimum Gasteiger partial charge on any atom is -0.322 e. The van der Waals surface area contributed by atoms with Crippen LogP contribution in [0.5, 0.6) is 0 Å². The number of amides is 2. The van der Waals surface area contributed by atoms with Gasteiger partial charge >= 0.3 is 0 Å². The summed E-state index contributed by atoms with van der Waals surface area (Å²) in [5, 5.41) is 2.57. The van der Waals surface area contributed by atoms with E-state index in [4.69, 9.17) is 0 Å². The summed E-state index contributed by atoms with van der Waals surface area (Å²) >= 11 is 1.56. The predicted molar refractivity (Wildman–Crippen MR) is 124 cm³/mol. The monoisotopic (exact) mass is 434 g/mol. The third-order valence-electron chi connectivity index (χ3n) is 5.23. The molecular formula is C25H23FN2O2S. The molecule has 0 spiro atoms. The minimum absolute atomic E-state index is 0.00851. The van der Waals surface area contributed by atoms with Gasteiger partial charge in [0.25, 0.3) is 5.91 Å². The molecular weight excluding hydrogens is 411 g/mol. The summed E-state index contributed by atoms with van der Waals surface area (Å²) in [6, 6.07) is 21.2. The Morgan fingerprint density at radius 1 is 1.06 bits per heavy atom. The molecule has 3 aromatic carbocycles. The number of nitrogens with zero attached hydrogens (tertiary/aromatic N) is 1. The second kappa shape index (κ2) is 8.94. The number of thioether (sulfide) groups is 1. The zero-order chi connectivity index (χ0) is 22.0. The molecule has 158 valence electrons. The maximum absolute atomic E-state index is 13.9. The molecule has 1 N–H and O–H groups in total. The van der Waals surface area contributed by atoms with Gasteiger partial charge in [0, 0.05) is 11.4 Å². The van der Waals surface area contributed by atoms with E-state index in [-0.39, 0.29) is 22.8 Å². The van der Waals surface area contributed by atoms with Crippen LogP contribution in [-0.2, 0) is 4.79 Å². The zero-order valence-corrected chi connectivity index (χ0v) is 18.2. The van der Waals surface area contributed by atoms with E-state index < -0.39 is 11.7 Å². The highest BCUT2D eigenvalue weighted by Crippen LogP contribution is 2.44. The normalized spacial score (nSPS) is 16.1. The molecule has 31 heavy (non-hydrogen) atoms. The van der Waals surface area contributed by atoms with Crippen molar-refractivity contribution in [2.24, 2.45) is 0 Å². The summed E-state index contributed by atoms with van der Waals surface area (Å²) in [7, 11) is 0. The van der Waals surface area contributed by atoms with Crippen LogP contribution in [0.4, 0.5) is 15.8 Å². The maximum Gasteiger partial charge on any atom is 0.258 e. The van der Waals surface area contributed by atoms with Crippen LogP contribution in [0.1, 0.15) is 46.6 Å². The van der Waals surface area contributed by atoms with Gasteiger partial charge in [0.2, 0.25) is 5.91 Å². The van der Waals surface area contributed by atoms with Crippen molar-refractivity contribution in [3.05, 3.63) is 95.3 Å². The lowest BCUT2D eigenvalue weighted by Gasteiger charge is -2.28. The Kier molecular flexibility index (Phi) is 6.09. The van der Waals surface area contributed by atoms with Crippen LogP contribution in [0.3, 0.4) is 0 Å². The summed E-state index contributed by atoms with van der Waals surface area (Å²) in [5.41, 5.74) is 3.49. The van der Waals surface area contributed by atoms with Gasteiger partial charge in [-0.05, 0) is 47.4 Å². The van der Waals surface area contributed by atoms with Gasteiger partial charge in [-0.3, -0.25) is 14.5 Å². The summed E-state index contributed by atoms with van der Waals surface area (Å²) < 4.78 is 13.9. The van der Waals surface area contributed by atoms with Crippen LogP contribution in [0.25, 0.3) is 0 Å². The predicted octanol–water partition coefficient (Wildman–Crippen LogP) is 5.98. The fourth-order valence-electron chi connectivity index (χ4n) is 3.74. The Labute approximate surface area is 185 Å². The smallest absolute Gasteiger partial charge is 0.258 e. The first kappa shape index (κ1) is 21.1. The number of nitrogens with one attached hydrogen (secondary N) is 1. The van der Waals surface area contributed by atoms with E-state index in [1.54, 1.807) is 30.0 Å². The van der Waals surface area contributed by atoms with Crippen molar-refractivity contribution in [2.45, 2.75) is 25.1 Å². The number of halogens is 1. The van der Waals surface area contributed by atoms with Crippen molar-refractivity contribution in [1.29, 1.82) is 0 Å². The van der Waals surface area contributed by atoms with Crippen molar-refractivity contribution < 1.29 is 14.0 Å². The van der Waals surface area contributed by atoms with Crippen LogP contribution in [-0.4, -0.2) is 17.6 Å². The van der Waals surface area contributed by atoms with Gasteiger partial charge in [-0.15, -0.1) is 11.8 Å². The molecule has 1 fully saturated rings. The average Bonchev–Trinajstić information content (AvgIpc) is 3.15. The third kappa shape index (κ3) is 4.35. The summed E-state index contributed by atoms with van der Waals surface area (Å²) in [5.74, 6) is -0.342. The van der Waals surface area contributed by atoms with Crippen LogP contribution < -0.4 is 10.2 Å². The molecule has 0 aliphatic carbocycles. The second-order valence-electron chi connectivity index (χ2n) is 7.70. The van der Waals surface area contributed by atoms with Crippen LogP contribution in [0.2, 0.25) is 0 Å². The van der Waals surface area contributed by atoms with E-state index in [1.807, 2.05) is 41.3 Å². The molecule has 0 unspecified atom stereocenters. The van der Waals surface area contributed by atoms with Gasteiger partial charge in [-0.25, -0.2) is 4.39 Å². The number of hydrogen-bond acceptors (Lipinski definition) is 3. The van der Waals surface area contributed by atoms with Crippen molar-refractivity contribution in [3.8, 4) is 0 Å². The fourth-order valence-corrected chi connectivity index (χ4v) is 4.90. The number of para-hydroxylation sites is 1. The molecule has 0 saturated carbocycles. The van der Waals surface area contributed by atoms with Crippen molar-refractivity contribution in [2.75, 3.05) is 16.0 Å². The molecule has 0 radical (unpaired) electrons. The highest BCUT2D eigenvalue weighted by atomic mass is 32.2. The van der Waals surface area contributed by atoms with Crippen molar-refractivity contribution >= 4 is 35.0 Å². The lowest BCUT2D eigenvalue weighted by molar-refractivity contribution is -0.115. The van der Waals surface area contributed by atoms with Crippen LogP contribution in [0, 0.1) is 5.82 Å². The quantitative estimate of drug-likeness (QED) is 0.537. The highest BCUT2D eigenvalue weighted by molar-refractivity contribution is 8.00. The fraction of sp³-hybridized carbons (Fsp3) is 0.200. The first-order chi connectivity index (χ1) is 15.0. The molecule has 6 heteroatoms. The maximum atomic E-state index is 13.9. The summed E-state index contributed by atoms with van der Waals surface area (Å²) in [6.45, 7) is 4.22. The molecule has 1 aliphatic rings. The SMILES string of the molecule is CC(C)c1ccccc1N1C(=O)CS[C@@H]1c1cccc(NC(=O)c2ccccc2F)c1.